The molecule has 1 heterocycles. The van der Waals surface area contributed by atoms with Gasteiger partial charge in [0.25, 0.3) is 0 Å². The van der Waals surface area contributed by atoms with Crippen molar-refractivity contribution < 1.29 is 14.7 Å². The SMILES string of the molecule is CCCCC(N)C(=O)NCCn1cc(C(=O)O)nn1. The lowest BCUT2D eigenvalue weighted by atomic mass is 10.1. The molecule has 1 atom stereocenters. The second-order valence-corrected chi connectivity index (χ2v) is 4.21. The Morgan fingerprint density at radius 1 is 1.58 bits per heavy atom. The quantitative estimate of drug-likeness (QED) is 0.590. The van der Waals surface area contributed by atoms with Gasteiger partial charge in [-0.1, -0.05) is 25.0 Å². The van der Waals surface area contributed by atoms with Crippen LogP contribution in [0.15, 0.2) is 6.20 Å². The number of nitrogens with two attached hydrogens (primary N) is 1. The lowest BCUT2D eigenvalue weighted by Gasteiger charge is -2.11. The van der Waals surface area contributed by atoms with E-state index >= 15 is 0 Å². The van der Waals surface area contributed by atoms with E-state index in [4.69, 9.17) is 10.8 Å². The maximum absolute atomic E-state index is 11.6. The number of hydrogen-bond acceptors (Lipinski definition) is 5. The molecule has 8 heteroatoms. The summed E-state index contributed by atoms with van der Waals surface area (Å²) in [5.74, 6) is -1.33. The van der Waals surface area contributed by atoms with Crippen molar-refractivity contribution in [3.8, 4) is 0 Å². The number of hydrogen-bond donors (Lipinski definition) is 3. The van der Waals surface area contributed by atoms with Crippen molar-refractivity contribution in [1.82, 2.24) is 20.3 Å². The third-order valence-corrected chi connectivity index (χ3v) is 2.60. The average Bonchev–Trinajstić information content (AvgIpc) is 2.84. The van der Waals surface area contributed by atoms with Crippen molar-refractivity contribution in [3.63, 3.8) is 0 Å². The molecule has 19 heavy (non-hydrogen) atoms. The Morgan fingerprint density at radius 2 is 2.32 bits per heavy atom. The Hall–Kier alpha value is -1.96. The number of amides is 1. The molecule has 0 fully saturated rings. The summed E-state index contributed by atoms with van der Waals surface area (Å²) < 4.78 is 1.36. The molecule has 4 N–H and O–H groups in total. The van der Waals surface area contributed by atoms with E-state index in [0.717, 1.165) is 12.8 Å². The summed E-state index contributed by atoms with van der Waals surface area (Å²) in [5, 5.41) is 18.4. The molecular formula is C11H19N5O3. The number of carboxylic acid groups (broad SMARTS) is 1. The molecule has 0 bridgehead atoms. The van der Waals surface area contributed by atoms with Crippen molar-refractivity contribution in [2.24, 2.45) is 5.73 Å². The Kier molecular flexibility index (Phi) is 5.94. The number of carbonyl (C=O) groups excluding carboxylic acids is 1. The van der Waals surface area contributed by atoms with E-state index in [9.17, 15) is 9.59 Å². The molecule has 1 rings (SSSR count). The Balaban J connectivity index is 2.29. The maximum atomic E-state index is 11.6. The number of aromatic carboxylic acids is 1. The van der Waals surface area contributed by atoms with Crippen LogP contribution in [0.4, 0.5) is 0 Å². The van der Waals surface area contributed by atoms with E-state index in [0.29, 0.717) is 19.5 Å². The summed E-state index contributed by atoms with van der Waals surface area (Å²) >= 11 is 0. The summed E-state index contributed by atoms with van der Waals surface area (Å²) in [6, 6.07) is -0.495. The largest absolute Gasteiger partial charge is 0.476 e. The highest BCUT2D eigenvalue weighted by Gasteiger charge is 2.12. The predicted molar refractivity (Wildman–Crippen MR) is 67.5 cm³/mol. The van der Waals surface area contributed by atoms with Gasteiger partial charge >= 0.3 is 5.97 Å². The van der Waals surface area contributed by atoms with Crippen molar-refractivity contribution >= 4 is 11.9 Å². The van der Waals surface area contributed by atoms with E-state index in [2.05, 4.69) is 15.6 Å². The van der Waals surface area contributed by atoms with Gasteiger partial charge in [-0.15, -0.1) is 5.10 Å². The van der Waals surface area contributed by atoms with Crippen molar-refractivity contribution in [2.75, 3.05) is 6.54 Å². The van der Waals surface area contributed by atoms with Crippen molar-refractivity contribution in [1.29, 1.82) is 0 Å². The average molecular weight is 269 g/mol. The number of nitrogens with zero attached hydrogens (tertiary/aromatic N) is 3. The summed E-state index contributed by atoms with van der Waals surface area (Å²) in [4.78, 5) is 22.2. The minimum atomic E-state index is -1.13. The molecule has 106 valence electrons. The zero-order chi connectivity index (χ0) is 14.3. The Morgan fingerprint density at radius 3 is 2.89 bits per heavy atom. The van der Waals surface area contributed by atoms with Crippen molar-refractivity contribution in [2.45, 2.75) is 38.8 Å². The monoisotopic (exact) mass is 269 g/mol. The summed E-state index contributed by atoms with van der Waals surface area (Å²) in [5.41, 5.74) is 5.58. The summed E-state index contributed by atoms with van der Waals surface area (Å²) in [7, 11) is 0. The highest BCUT2D eigenvalue weighted by atomic mass is 16.4. The van der Waals surface area contributed by atoms with Crippen molar-refractivity contribution in [3.05, 3.63) is 11.9 Å². The fourth-order valence-corrected chi connectivity index (χ4v) is 1.49. The molecule has 8 nitrogen and oxygen atoms in total. The van der Waals surface area contributed by atoms with Gasteiger partial charge in [-0.2, -0.15) is 0 Å². The van der Waals surface area contributed by atoms with Gasteiger partial charge in [0.2, 0.25) is 5.91 Å². The van der Waals surface area contributed by atoms with E-state index < -0.39 is 12.0 Å². The molecule has 1 aromatic rings. The fraction of sp³-hybridized carbons (Fsp3) is 0.636. The van der Waals surface area contributed by atoms with Gasteiger partial charge in [0.1, 0.15) is 0 Å². The van der Waals surface area contributed by atoms with Gasteiger partial charge in [-0.3, -0.25) is 4.79 Å². The molecule has 0 radical (unpaired) electrons. The Labute approximate surface area is 111 Å². The molecular weight excluding hydrogens is 250 g/mol. The molecule has 0 aliphatic rings. The molecule has 1 aromatic heterocycles. The van der Waals surface area contributed by atoms with Crippen LogP contribution in [0.2, 0.25) is 0 Å². The molecule has 1 amide bonds. The van der Waals surface area contributed by atoms with Crippen LogP contribution in [0, 0.1) is 0 Å². The fourth-order valence-electron chi connectivity index (χ4n) is 1.49. The first-order chi connectivity index (χ1) is 9.04. The van der Waals surface area contributed by atoms with Gasteiger partial charge in [-0.25, -0.2) is 9.48 Å². The number of carbonyl (C=O) groups is 2. The van der Waals surface area contributed by atoms with E-state index in [-0.39, 0.29) is 11.6 Å². The number of nitrogens with one attached hydrogen (secondary N) is 1. The molecule has 0 aliphatic carbocycles. The molecule has 1 unspecified atom stereocenters. The summed E-state index contributed by atoms with van der Waals surface area (Å²) in [6.07, 6.45) is 3.89. The van der Waals surface area contributed by atoms with Crippen LogP contribution in [0.1, 0.15) is 36.7 Å². The highest BCUT2D eigenvalue weighted by Crippen LogP contribution is 1.98. The second-order valence-electron chi connectivity index (χ2n) is 4.21. The lowest BCUT2D eigenvalue weighted by Crippen LogP contribution is -2.41. The third kappa shape index (κ3) is 5.04. The Bertz CT molecular complexity index is 432. The predicted octanol–water partition coefficient (Wildman–Crippen LogP) is -0.390. The molecule has 0 aromatic carbocycles. The van der Waals surface area contributed by atoms with E-state index in [1.54, 1.807) is 0 Å². The first kappa shape index (κ1) is 15.1. The van der Waals surface area contributed by atoms with Crippen LogP contribution >= 0.6 is 0 Å². The molecule has 0 aliphatic heterocycles. The van der Waals surface area contributed by atoms with Gasteiger partial charge in [0.15, 0.2) is 5.69 Å². The molecule has 0 saturated heterocycles. The number of rotatable bonds is 8. The van der Waals surface area contributed by atoms with Gasteiger partial charge < -0.3 is 16.2 Å². The highest BCUT2D eigenvalue weighted by molar-refractivity contribution is 5.84. The molecule has 0 spiro atoms. The van der Waals surface area contributed by atoms with Crippen LogP contribution in [-0.4, -0.2) is 44.6 Å². The normalized spacial score (nSPS) is 12.1. The standard InChI is InChI=1S/C11H19N5O3/c1-2-3-4-8(12)10(17)13-5-6-16-7-9(11(18)19)14-15-16/h7-8H,2-6,12H2,1H3,(H,13,17)(H,18,19). The second kappa shape index (κ2) is 7.47. The van der Waals surface area contributed by atoms with Gasteiger partial charge in [0.05, 0.1) is 18.8 Å². The minimum absolute atomic E-state index is 0.119. The van der Waals surface area contributed by atoms with Gasteiger partial charge in [0, 0.05) is 6.54 Å². The zero-order valence-corrected chi connectivity index (χ0v) is 10.9. The zero-order valence-electron chi connectivity index (χ0n) is 10.9. The van der Waals surface area contributed by atoms with E-state index in [1.807, 2.05) is 6.92 Å². The van der Waals surface area contributed by atoms with E-state index in [1.165, 1.54) is 10.9 Å². The maximum Gasteiger partial charge on any atom is 0.358 e. The van der Waals surface area contributed by atoms with Crippen LogP contribution in [0.3, 0.4) is 0 Å². The summed E-state index contributed by atoms with van der Waals surface area (Å²) in [6.45, 7) is 2.73. The van der Waals surface area contributed by atoms with Gasteiger partial charge in [-0.05, 0) is 6.42 Å². The molecule has 0 saturated carbocycles. The lowest BCUT2D eigenvalue weighted by molar-refractivity contribution is -0.122. The van der Waals surface area contributed by atoms with Crippen LogP contribution in [0.25, 0.3) is 0 Å². The topological polar surface area (TPSA) is 123 Å². The number of carboxylic acids is 1. The first-order valence-electron chi connectivity index (χ1n) is 6.21. The number of unbranched alkanes of at least 4 members (excludes halogenated alkanes) is 1. The minimum Gasteiger partial charge on any atom is -0.476 e. The van der Waals surface area contributed by atoms with Crippen LogP contribution < -0.4 is 11.1 Å². The smallest absolute Gasteiger partial charge is 0.358 e. The van der Waals surface area contributed by atoms with Crippen LogP contribution in [-0.2, 0) is 11.3 Å². The first-order valence-corrected chi connectivity index (χ1v) is 6.21. The third-order valence-electron chi connectivity index (χ3n) is 2.60. The van der Waals surface area contributed by atoms with Crippen LogP contribution in [0.5, 0.6) is 0 Å². The number of aromatic nitrogens is 3.